The molecular weight excluding hydrogens is 234 g/mol. The van der Waals surface area contributed by atoms with Crippen LogP contribution in [0.1, 0.15) is 44.7 Å². The molecule has 0 bridgehead atoms. The molecule has 1 aliphatic rings. The Balaban J connectivity index is 1.98. The summed E-state index contributed by atoms with van der Waals surface area (Å²) in [5, 5.41) is 3.51. The van der Waals surface area contributed by atoms with Gasteiger partial charge in [0.15, 0.2) is 0 Å². The third-order valence-corrected chi connectivity index (χ3v) is 4.16. The molecule has 2 heteroatoms. The van der Waals surface area contributed by atoms with Crippen molar-refractivity contribution in [2.75, 3.05) is 26.8 Å². The number of rotatable bonds is 6. The number of benzene rings is 1. The summed E-state index contributed by atoms with van der Waals surface area (Å²) in [5.74, 6) is 0. The van der Waals surface area contributed by atoms with E-state index in [1.807, 2.05) is 0 Å². The molecule has 1 N–H and O–H groups in total. The van der Waals surface area contributed by atoms with E-state index < -0.39 is 0 Å². The van der Waals surface area contributed by atoms with Gasteiger partial charge in [-0.25, -0.2) is 0 Å². The van der Waals surface area contributed by atoms with E-state index in [0.29, 0.717) is 5.41 Å². The Kier molecular flexibility index (Phi) is 4.32. The lowest BCUT2D eigenvalue weighted by atomic mass is 9.85. The van der Waals surface area contributed by atoms with Crippen LogP contribution in [-0.2, 0) is 15.6 Å². The zero-order chi connectivity index (χ0) is 13.9. The second kappa shape index (κ2) is 5.64. The minimum absolute atomic E-state index is 0.242. The predicted molar refractivity (Wildman–Crippen MR) is 80.8 cm³/mol. The van der Waals surface area contributed by atoms with Gasteiger partial charge in [-0.1, -0.05) is 45.0 Å². The highest BCUT2D eigenvalue weighted by Gasteiger charge is 2.43. The molecule has 0 aromatic heterocycles. The fourth-order valence-electron chi connectivity index (χ4n) is 2.54. The average Bonchev–Trinajstić information content (AvgIpc) is 3.15. The second-order valence-corrected chi connectivity index (χ2v) is 6.78. The lowest BCUT2D eigenvalue weighted by Gasteiger charge is -2.21. The molecule has 0 atom stereocenters. The molecule has 19 heavy (non-hydrogen) atoms. The zero-order valence-corrected chi connectivity index (χ0v) is 12.8. The molecule has 1 aliphatic carbocycles. The van der Waals surface area contributed by atoms with E-state index in [1.54, 1.807) is 7.11 Å². The van der Waals surface area contributed by atoms with Crippen molar-refractivity contribution in [3.63, 3.8) is 0 Å². The Bertz CT molecular complexity index is 398. The van der Waals surface area contributed by atoms with Gasteiger partial charge in [0.25, 0.3) is 0 Å². The summed E-state index contributed by atoms with van der Waals surface area (Å²) in [6.07, 6.45) is 2.61. The van der Waals surface area contributed by atoms with Crippen LogP contribution in [0.2, 0.25) is 0 Å². The molecule has 0 radical (unpaired) electrons. The number of methoxy groups -OCH3 is 1. The first-order valence-corrected chi connectivity index (χ1v) is 7.29. The highest BCUT2D eigenvalue weighted by atomic mass is 16.5. The van der Waals surface area contributed by atoms with Crippen molar-refractivity contribution in [3.05, 3.63) is 35.4 Å². The third-order valence-electron chi connectivity index (χ3n) is 4.16. The standard InChI is InChI=1S/C17H27NO/c1-16(2,3)14-5-7-15(8-6-14)17(9-10-17)13-18-11-12-19-4/h5-8,18H,9-13H2,1-4H3. The average molecular weight is 261 g/mol. The Morgan fingerprint density at radius 3 is 2.26 bits per heavy atom. The lowest BCUT2D eigenvalue weighted by Crippen LogP contribution is -2.29. The number of ether oxygens (including phenoxy) is 1. The molecule has 1 fully saturated rings. The largest absolute Gasteiger partial charge is 0.383 e. The summed E-state index contributed by atoms with van der Waals surface area (Å²) in [5.41, 5.74) is 3.54. The minimum Gasteiger partial charge on any atom is -0.383 e. The molecule has 1 aromatic carbocycles. The fraction of sp³-hybridized carbons (Fsp3) is 0.647. The summed E-state index contributed by atoms with van der Waals surface area (Å²) in [4.78, 5) is 0. The first-order chi connectivity index (χ1) is 8.98. The lowest BCUT2D eigenvalue weighted by molar-refractivity contribution is 0.198. The molecule has 0 spiro atoms. The number of hydrogen-bond acceptors (Lipinski definition) is 2. The molecule has 0 amide bonds. The van der Waals surface area contributed by atoms with Gasteiger partial charge in [-0.3, -0.25) is 0 Å². The van der Waals surface area contributed by atoms with Crippen molar-refractivity contribution in [2.24, 2.45) is 0 Å². The van der Waals surface area contributed by atoms with E-state index in [9.17, 15) is 0 Å². The van der Waals surface area contributed by atoms with E-state index in [-0.39, 0.29) is 5.41 Å². The van der Waals surface area contributed by atoms with Crippen molar-refractivity contribution in [2.45, 2.75) is 44.4 Å². The van der Waals surface area contributed by atoms with Gasteiger partial charge in [-0.05, 0) is 29.4 Å². The number of nitrogens with one attached hydrogen (secondary N) is 1. The molecule has 2 rings (SSSR count). The van der Waals surface area contributed by atoms with Crippen LogP contribution in [0, 0.1) is 0 Å². The Morgan fingerprint density at radius 2 is 1.79 bits per heavy atom. The van der Waals surface area contributed by atoms with Gasteiger partial charge in [-0.2, -0.15) is 0 Å². The SMILES string of the molecule is COCCNCC1(c2ccc(C(C)(C)C)cc2)CC1. The van der Waals surface area contributed by atoms with Crippen molar-refractivity contribution in [1.82, 2.24) is 5.32 Å². The molecule has 1 saturated carbocycles. The van der Waals surface area contributed by atoms with E-state index in [2.05, 4.69) is 50.4 Å². The fourth-order valence-corrected chi connectivity index (χ4v) is 2.54. The van der Waals surface area contributed by atoms with Gasteiger partial charge in [0.2, 0.25) is 0 Å². The van der Waals surface area contributed by atoms with E-state index >= 15 is 0 Å². The van der Waals surface area contributed by atoms with Crippen LogP contribution in [0.5, 0.6) is 0 Å². The summed E-state index contributed by atoms with van der Waals surface area (Å²) in [6, 6.07) is 9.24. The van der Waals surface area contributed by atoms with Gasteiger partial charge in [0.1, 0.15) is 0 Å². The van der Waals surface area contributed by atoms with Crippen LogP contribution in [0.15, 0.2) is 24.3 Å². The van der Waals surface area contributed by atoms with E-state index in [0.717, 1.165) is 19.7 Å². The van der Waals surface area contributed by atoms with Crippen LogP contribution in [-0.4, -0.2) is 26.8 Å². The van der Waals surface area contributed by atoms with Gasteiger partial charge < -0.3 is 10.1 Å². The van der Waals surface area contributed by atoms with Crippen LogP contribution < -0.4 is 5.32 Å². The van der Waals surface area contributed by atoms with Crippen LogP contribution in [0.25, 0.3) is 0 Å². The highest BCUT2D eigenvalue weighted by molar-refractivity contribution is 5.36. The predicted octanol–water partition coefficient (Wildman–Crippen LogP) is 3.25. The van der Waals surface area contributed by atoms with Crippen molar-refractivity contribution in [1.29, 1.82) is 0 Å². The maximum absolute atomic E-state index is 5.07. The van der Waals surface area contributed by atoms with Gasteiger partial charge in [-0.15, -0.1) is 0 Å². The topological polar surface area (TPSA) is 21.3 Å². The molecule has 0 saturated heterocycles. The summed E-state index contributed by atoms with van der Waals surface area (Å²) in [7, 11) is 1.75. The smallest absolute Gasteiger partial charge is 0.0587 e. The van der Waals surface area contributed by atoms with E-state index in [4.69, 9.17) is 4.74 Å². The van der Waals surface area contributed by atoms with Crippen LogP contribution in [0.4, 0.5) is 0 Å². The van der Waals surface area contributed by atoms with Crippen molar-refractivity contribution >= 4 is 0 Å². The Hall–Kier alpha value is -0.860. The van der Waals surface area contributed by atoms with Crippen LogP contribution >= 0.6 is 0 Å². The molecular formula is C17H27NO. The normalized spacial score (nSPS) is 17.5. The maximum Gasteiger partial charge on any atom is 0.0587 e. The monoisotopic (exact) mass is 261 g/mol. The highest BCUT2D eigenvalue weighted by Crippen LogP contribution is 2.47. The Labute approximate surface area is 117 Å². The van der Waals surface area contributed by atoms with Crippen LogP contribution in [0.3, 0.4) is 0 Å². The summed E-state index contributed by atoms with van der Waals surface area (Å²) in [6.45, 7) is 9.60. The van der Waals surface area contributed by atoms with E-state index in [1.165, 1.54) is 24.0 Å². The molecule has 1 aromatic rings. The first kappa shape index (κ1) is 14.5. The molecule has 0 unspecified atom stereocenters. The van der Waals surface area contributed by atoms with Crippen molar-refractivity contribution < 1.29 is 4.74 Å². The van der Waals surface area contributed by atoms with Gasteiger partial charge in [0, 0.05) is 25.6 Å². The molecule has 106 valence electrons. The molecule has 0 heterocycles. The minimum atomic E-state index is 0.242. The quantitative estimate of drug-likeness (QED) is 0.794. The first-order valence-electron chi connectivity index (χ1n) is 7.29. The van der Waals surface area contributed by atoms with Gasteiger partial charge >= 0.3 is 0 Å². The third kappa shape index (κ3) is 3.58. The number of hydrogen-bond donors (Lipinski definition) is 1. The molecule has 0 aliphatic heterocycles. The molecule has 2 nitrogen and oxygen atoms in total. The zero-order valence-electron chi connectivity index (χ0n) is 12.8. The second-order valence-electron chi connectivity index (χ2n) is 6.78. The summed E-state index contributed by atoms with van der Waals surface area (Å²) < 4.78 is 5.07. The summed E-state index contributed by atoms with van der Waals surface area (Å²) >= 11 is 0. The Morgan fingerprint density at radius 1 is 1.16 bits per heavy atom. The van der Waals surface area contributed by atoms with Gasteiger partial charge in [0.05, 0.1) is 6.61 Å². The van der Waals surface area contributed by atoms with Crippen molar-refractivity contribution in [3.8, 4) is 0 Å². The maximum atomic E-state index is 5.07.